The first-order chi connectivity index (χ1) is 8.61. The van der Waals surface area contributed by atoms with Crippen molar-refractivity contribution < 1.29 is 0 Å². The van der Waals surface area contributed by atoms with Crippen molar-refractivity contribution in [2.45, 2.75) is 30.1 Å². The predicted molar refractivity (Wildman–Crippen MR) is 69.3 cm³/mol. The van der Waals surface area contributed by atoms with Gasteiger partial charge in [0.15, 0.2) is 5.16 Å². The molecule has 0 aliphatic heterocycles. The van der Waals surface area contributed by atoms with Gasteiger partial charge < -0.3 is 0 Å². The van der Waals surface area contributed by atoms with E-state index in [0.717, 1.165) is 6.42 Å². The molecule has 0 amide bonds. The lowest BCUT2D eigenvalue weighted by molar-refractivity contribution is 0.603. The largest absolute Gasteiger partial charge is 0.343 e. The molecule has 6 nitrogen and oxygen atoms in total. The van der Waals surface area contributed by atoms with Gasteiger partial charge in [0.1, 0.15) is 5.03 Å². The van der Waals surface area contributed by atoms with Crippen molar-refractivity contribution in [2.24, 2.45) is 0 Å². The minimum absolute atomic E-state index is 0.0989. The van der Waals surface area contributed by atoms with Gasteiger partial charge in [-0.05, 0) is 29.8 Å². The first-order valence-corrected chi connectivity index (χ1v) is 6.70. The molecule has 2 aromatic heterocycles. The molecule has 0 aliphatic rings. The summed E-state index contributed by atoms with van der Waals surface area (Å²) in [5, 5.41) is 7.75. The van der Waals surface area contributed by atoms with Crippen LogP contribution in [0.4, 0.5) is 0 Å². The number of halogens is 2. The number of aromatic amines is 1. The van der Waals surface area contributed by atoms with Crippen LogP contribution in [0.15, 0.2) is 21.2 Å². The second kappa shape index (κ2) is 5.73. The lowest BCUT2D eigenvalue weighted by atomic mass is 10.5. The Morgan fingerprint density at radius 3 is 3.00 bits per heavy atom. The standard InChI is InChI=1S/C9H9Cl2N5OS/c1-2-3-16-8(17)14-15-9(16)18-6-5(10)4-12-7(11)13-6/h4H,2-3H2,1H3,(H,14,17). The molecule has 0 bridgehead atoms. The summed E-state index contributed by atoms with van der Waals surface area (Å²) in [6, 6.07) is 0. The van der Waals surface area contributed by atoms with Crippen LogP contribution in [0.5, 0.6) is 0 Å². The number of rotatable bonds is 4. The van der Waals surface area contributed by atoms with Gasteiger partial charge in [0.2, 0.25) is 5.28 Å². The van der Waals surface area contributed by atoms with Crippen LogP contribution in [0.2, 0.25) is 10.3 Å². The molecule has 0 atom stereocenters. The third kappa shape index (κ3) is 2.85. The molecule has 96 valence electrons. The summed E-state index contributed by atoms with van der Waals surface area (Å²) >= 11 is 12.8. The average Bonchev–Trinajstić information content (AvgIpc) is 2.67. The number of nitrogens with one attached hydrogen (secondary N) is 1. The van der Waals surface area contributed by atoms with E-state index in [2.05, 4.69) is 20.2 Å². The van der Waals surface area contributed by atoms with Crippen LogP contribution in [0.3, 0.4) is 0 Å². The van der Waals surface area contributed by atoms with Crippen LogP contribution >= 0.6 is 35.0 Å². The van der Waals surface area contributed by atoms with Gasteiger partial charge in [-0.25, -0.2) is 19.9 Å². The predicted octanol–water partition coefficient (Wildman–Crippen LogP) is 2.23. The van der Waals surface area contributed by atoms with Crippen molar-refractivity contribution in [3.05, 3.63) is 27.0 Å². The van der Waals surface area contributed by atoms with E-state index in [9.17, 15) is 4.79 Å². The fourth-order valence-electron chi connectivity index (χ4n) is 1.29. The molecule has 1 N–H and O–H groups in total. The van der Waals surface area contributed by atoms with Crippen LogP contribution < -0.4 is 5.69 Å². The van der Waals surface area contributed by atoms with E-state index in [1.54, 1.807) is 0 Å². The fraction of sp³-hybridized carbons (Fsp3) is 0.333. The molecule has 0 radical (unpaired) electrons. The zero-order valence-electron chi connectivity index (χ0n) is 9.35. The minimum Gasteiger partial charge on any atom is -0.270 e. The van der Waals surface area contributed by atoms with Crippen molar-refractivity contribution in [1.82, 2.24) is 24.7 Å². The molecule has 0 fully saturated rings. The highest BCUT2D eigenvalue weighted by Gasteiger charge is 2.13. The topological polar surface area (TPSA) is 76.5 Å². The van der Waals surface area contributed by atoms with Gasteiger partial charge >= 0.3 is 5.69 Å². The van der Waals surface area contributed by atoms with Gasteiger partial charge in [0, 0.05) is 6.54 Å². The van der Waals surface area contributed by atoms with Crippen LogP contribution in [0.25, 0.3) is 0 Å². The van der Waals surface area contributed by atoms with E-state index in [0.29, 0.717) is 21.7 Å². The molecule has 0 unspecified atom stereocenters. The van der Waals surface area contributed by atoms with Crippen molar-refractivity contribution in [3.63, 3.8) is 0 Å². The molecular formula is C9H9Cl2N5OS. The molecule has 0 spiro atoms. The van der Waals surface area contributed by atoms with E-state index in [-0.39, 0.29) is 11.0 Å². The highest BCUT2D eigenvalue weighted by atomic mass is 35.5. The van der Waals surface area contributed by atoms with E-state index in [1.807, 2.05) is 6.92 Å². The summed E-state index contributed by atoms with van der Waals surface area (Å²) < 4.78 is 1.52. The average molecular weight is 306 g/mol. The maximum absolute atomic E-state index is 11.5. The molecule has 0 aliphatic carbocycles. The van der Waals surface area contributed by atoms with E-state index in [4.69, 9.17) is 23.2 Å². The number of nitrogens with zero attached hydrogens (tertiary/aromatic N) is 4. The first kappa shape index (κ1) is 13.4. The van der Waals surface area contributed by atoms with Crippen molar-refractivity contribution in [2.75, 3.05) is 0 Å². The normalized spacial score (nSPS) is 10.8. The van der Waals surface area contributed by atoms with Crippen molar-refractivity contribution >= 4 is 35.0 Å². The Hall–Kier alpha value is -1.05. The Balaban J connectivity index is 2.34. The van der Waals surface area contributed by atoms with Crippen molar-refractivity contribution in [3.8, 4) is 0 Å². The molecule has 18 heavy (non-hydrogen) atoms. The summed E-state index contributed by atoms with van der Waals surface area (Å²) in [6.07, 6.45) is 2.24. The lowest BCUT2D eigenvalue weighted by Gasteiger charge is -2.04. The quantitative estimate of drug-likeness (QED) is 0.692. The Kier molecular flexibility index (Phi) is 4.26. The minimum atomic E-state index is -0.254. The second-order valence-corrected chi connectivity index (χ2v) is 5.06. The highest BCUT2D eigenvalue weighted by molar-refractivity contribution is 7.99. The van der Waals surface area contributed by atoms with Gasteiger partial charge in [-0.1, -0.05) is 18.5 Å². The summed E-state index contributed by atoms with van der Waals surface area (Å²) in [5.41, 5.74) is -0.254. The zero-order valence-corrected chi connectivity index (χ0v) is 11.7. The van der Waals surface area contributed by atoms with Crippen LogP contribution in [0, 0.1) is 0 Å². The van der Waals surface area contributed by atoms with Crippen LogP contribution in [-0.4, -0.2) is 24.7 Å². The first-order valence-electron chi connectivity index (χ1n) is 5.13. The Morgan fingerprint density at radius 1 is 1.50 bits per heavy atom. The number of aromatic nitrogens is 5. The molecular weight excluding hydrogens is 297 g/mol. The summed E-state index contributed by atoms with van der Waals surface area (Å²) in [4.78, 5) is 19.3. The van der Waals surface area contributed by atoms with Crippen molar-refractivity contribution in [1.29, 1.82) is 0 Å². The highest BCUT2D eigenvalue weighted by Crippen LogP contribution is 2.29. The summed E-state index contributed by atoms with van der Waals surface area (Å²) in [7, 11) is 0. The van der Waals surface area contributed by atoms with Gasteiger partial charge in [0.05, 0.1) is 11.2 Å². The number of H-pyrrole nitrogens is 1. The Morgan fingerprint density at radius 2 is 2.28 bits per heavy atom. The SMILES string of the molecule is CCCn1c(Sc2nc(Cl)ncc2Cl)n[nH]c1=O. The summed E-state index contributed by atoms with van der Waals surface area (Å²) in [6.45, 7) is 2.55. The molecule has 0 aromatic carbocycles. The molecule has 2 heterocycles. The van der Waals surface area contributed by atoms with Crippen LogP contribution in [-0.2, 0) is 6.54 Å². The van der Waals surface area contributed by atoms with Gasteiger partial charge in [-0.2, -0.15) is 0 Å². The van der Waals surface area contributed by atoms with E-state index in [1.165, 1.54) is 22.5 Å². The van der Waals surface area contributed by atoms with Gasteiger partial charge in [-0.3, -0.25) is 4.57 Å². The van der Waals surface area contributed by atoms with E-state index < -0.39 is 0 Å². The third-order valence-electron chi connectivity index (χ3n) is 2.04. The molecule has 9 heteroatoms. The van der Waals surface area contributed by atoms with Crippen LogP contribution in [0.1, 0.15) is 13.3 Å². The fourth-order valence-corrected chi connectivity index (χ4v) is 2.51. The molecule has 0 saturated carbocycles. The monoisotopic (exact) mass is 305 g/mol. The molecule has 2 rings (SSSR count). The molecule has 0 saturated heterocycles. The lowest BCUT2D eigenvalue weighted by Crippen LogP contribution is -2.17. The Bertz CT molecular complexity index is 611. The second-order valence-electron chi connectivity index (χ2n) is 3.36. The molecule has 2 aromatic rings. The van der Waals surface area contributed by atoms with Gasteiger partial charge in [0.25, 0.3) is 0 Å². The summed E-state index contributed by atoms with van der Waals surface area (Å²) in [5.74, 6) is 0. The Labute approximate surface area is 117 Å². The maximum atomic E-state index is 11.5. The van der Waals surface area contributed by atoms with Gasteiger partial charge in [-0.15, -0.1) is 5.10 Å². The maximum Gasteiger partial charge on any atom is 0.343 e. The third-order valence-corrected chi connectivity index (χ3v) is 3.61. The smallest absolute Gasteiger partial charge is 0.270 e. The number of hydrogen-bond acceptors (Lipinski definition) is 5. The number of hydrogen-bond donors (Lipinski definition) is 1. The van der Waals surface area contributed by atoms with E-state index >= 15 is 0 Å². The zero-order chi connectivity index (χ0) is 13.1.